The van der Waals surface area contributed by atoms with Crippen molar-refractivity contribution in [1.29, 1.82) is 0 Å². The highest BCUT2D eigenvalue weighted by Gasteiger charge is 2.25. The van der Waals surface area contributed by atoms with E-state index in [1.165, 1.54) is 0 Å². The Morgan fingerprint density at radius 1 is 1.53 bits per heavy atom. The van der Waals surface area contributed by atoms with E-state index >= 15 is 0 Å². The molecule has 1 heterocycles. The topological polar surface area (TPSA) is 32.3 Å². The van der Waals surface area contributed by atoms with Crippen molar-refractivity contribution in [2.75, 3.05) is 19.6 Å². The maximum Gasteiger partial charge on any atom is 0.256 e. The number of carbonyl (C=O) groups is 1. The number of likely N-dealkylation sites (N-methyl/N-ethyl adjacent to an activating group) is 1. The molecule has 1 aliphatic rings. The quantitative estimate of drug-likeness (QED) is 0.909. The molecule has 1 N–H and O–H groups in total. The van der Waals surface area contributed by atoms with Gasteiger partial charge in [0, 0.05) is 19.1 Å². The van der Waals surface area contributed by atoms with E-state index in [-0.39, 0.29) is 11.5 Å². The molecule has 0 aromatic heterocycles. The van der Waals surface area contributed by atoms with E-state index in [0.717, 1.165) is 19.4 Å². The molecule has 1 aromatic carbocycles. The number of carbonyl (C=O) groups excluding carboxylic acids is 1. The first kappa shape index (κ1) is 14.0. The van der Waals surface area contributed by atoms with Crippen molar-refractivity contribution in [1.82, 2.24) is 10.2 Å². The summed E-state index contributed by atoms with van der Waals surface area (Å²) in [6.45, 7) is 6.02. The van der Waals surface area contributed by atoms with Gasteiger partial charge in [0.05, 0.1) is 5.56 Å². The Kier molecular flexibility index (Phi) is 4.53. The third-order valence-corrected chi connectivity index (χ3v) is 3.62. The Bertz CT molecular complexity index is 459. The SMILES string of the molecule is CCNC1CCCN(C(=O)c2cccc(C)c2F)C1. The minimum Gasteiger partial charge on any atom is -0.337 e. The van der Waals surface area contributed by atoms with Gasteiger partial charge in [-0.25, -0.2) is 4.39 Å². The van der Waals surface area contributed by atoms with Gasteiger partial charge in [0.15, 0.2) is 0 Å². The Labute approximate surface area is 113 Å². The maximum absolute atomic E-state index is 14.0. The van der Waals surface area contributed by atoms with E-state index in [4.69, 9.17) is 0 Å². The maximum atomic E-state index is 14.0. The van der Waals surface area contributed by atoms with E-state index in [9.17, 15) is 9.18 Å². The Morgan fingerprint density at radius 2 is 2.32 bits per heavy atom. The number of hydrogen-bond acceptors (Lipinski definition) is 2. The largest absolute Gasteiger partial charge is 0.337 e. The van der Waals surface area contributed by atoms with Crippen molar-refractivity contribution in [3.05, 3.63) is 35.1 Å². The molecule has 0 radical (unpaired) electrons. The zero-order valence-corrected chi connectivity index (χ0v) is 11.6. The van der Waals surface area contributed by atoms with Gasteiger partial charge >= 0.3 is 0 Å². The summed E-state index contributed by atoms with van der Waals surface area (Å²) in [6, 6.07) is 5.32. The molecule has 1 atom stereocenters. The summed E-state index contributed by atoms with van der Waals surface area (Å²) in [6.07, 6.45) is 2.05. The van der Waals surface area contributed by atoms with Gasteiger partial charge in [-0.3, -0.25) is 4.79 Å². The van der Waals surface area contributed by atoms with Crippen LogP contribution in [0.5, 0.6) is 0 Å². The Balaban J connectivity index is 2.12. The zero-order valence-electron chi connectivity index (χ0n) is 11.6. The molecule has 0 aliphatic carbocycles. The highest BCUT2D eigenvalue weighted by molar-refractivity contribution is 5.94. The van der Waals surface area contributed by atoms with Gasteiger partial charge in [-0.2, -0.15) is 0 Å². The highest BCUT2D eigenvalue weighted by Crippen LogP contribution is 2.17. The van der Waals surface area contributed by atoms with Crippen molar-refractivity contribution >= 4 is 5.91 Å². The van der Waals surface area contributed by atoms with Gasteiger partial charge in [-0.1, -0.05) is 19.1 Å². The van der Waals surface area contributed by atoms with E-state index in [1.807, 2.05) is 0 Å². The van der Waals surface area contributed by atoms with E-state index in [1.54, 1.807) is 30.0 Å². The van der Waals surface area contributed by atoms with Crippen LogP contribution >= 0.6 is 0 Å². The standard InChI is InChI=1S/C15H21FN2O/c1-3-17-12-7-5-9-18(10-12)15(19)13-8-4-6-11(2)14(13)16/h4,6,8,12,17H,3,5,7,9-10H2,1-2H3. The number of rotatable bonds is 3. The fourth-order valence-corrected chi connectivity index (χ4v) is 2.60. The molecule has 1 unspecified atom stereocenters. The lowest BCUT2D eigenvalue weighted by Gasteiger charge is -2.33. The normalized spacial score (nSPS) is 19.5. The first-order valence-corrected chi connectivity index (χ1v) is 6.91. The number of halogens is 1. The molecule has 1 amide bonds. The van der Waals surface area contributed by atoms with Gasteiger partial charge < -0.3 is 10.2 Å². The second-order valence-corrected chi connectivity index (χ2v) is 5.08. The summed E-state index contributed by atoms with van der Waals surface area (Å²) in [5, 5.41) is 3.36. The summed E-state index contributed by atoms with van der Waals surface area (Å²) in [7, 11) is 0. The Hall–Kier alpha value is -1.42. The molecule has 1 aromatic rings. The molecule has 0 spiro atoms. The number of piperidine rings is 1. The molecule has 19 heavy (non-hydrogen) atoms. The molecular weight excluding hydrogens is 243 g/mol. The predicted molar refractivity (Wildman–Crippen MR) is 73.7 cm³/mol. The average molecular weight is 264 g/mol. The molecule has 104 valence electrons. The third kappa shape index (κ3) is 3.13. The summed E-state index contributed by atoms with van der Waals surface area (Å²) < 4.78 is 14.0. The van der Waals surface area contributed by atoms with Crippen LogP contribution in [0.15, 0.2) is 18.2 Å². The average Bonchev–Trinajstić information content (AvgIpc) is 2.42. The van der Waals surface area contributed by atoms with E-state index in [0.29, 0.717) is 24.7 Å². The monoisotopic (exact) mass is 264 g/mol. The first-order valence-electron chi connectivity index (χ1n) is 6.91. The fraction of sp³-hybridized carbons (Fsp3) is 0.533. The lowest BCUT2D eigenvalue weighted by Crippen LogP contribution is -2.48. The van der Waals surface area contributed by atoms with Crippen LogP contribution in [0.4, 0.5) is 4.39 Å². The van der Waals surface area contributed by atoms with Crippen LogP contribution in [0.1, 0.15) is 35.7 Å². The number of hydrogen-bond donors (Lipinski definition) is 1. The van der Waals surface area contributed by atoms with Crippen LogP contribution < -0.4 is 5.32 Å². The van der Waals surface area contributed by atoms with Crippen LogP contribution in [-0.4, -0.2) is 36.5 Å². The smallest absolute Gasteiger partial charge is 0.256 e. The number of nitrogens with zero attached hydrogens (tertiary/aromatic N) is 1. The lowest BCUT2D eigenvalue weighted by molar-refractivity contribution is 0.0690. The molecular formula is C15H21FN2O. The summed E-state index contributed by atoms with van der Waals surface area (Å²) in [5.41, 5.74) is 0.711. The van der Waals surface area contributed by atoms with Gasteiger partial charge in [-0.05, 0) is 37.9 Å². The third-order valence-electron chi connectivity index (χ3n) is 3.62. The van der Waals surface area contributed by atoms with Crippen LogP contribution in [0.25, 0.3) is 0 Å². The molecule has 1 aliphatic heterocycles. The molecule has 1 saturated heterocycles. The van der Waals surface area contributed by atoms with E-state index in [2.05, 4.69) is 12.2 Å². The Morgan fingerprint density at radius 3 is 3.05 bits per heavy atom. The van der Waals surface area contributed by atoms with Gasteiger partial charge in [0.2, 0.25) is 0 Å². The minimum atomic E-state index is -0.391. The number of likely N-dealkylation sites (tertiary alicyclic amines) is 1. The predicted octanol–water partition coefficient (Wildman–Crippen LogP) is 2.35. The number of amides is 1. The number of benzene rings is 1. The van der Waals surface area contributed by atoms with Crippen LogP contribution in [0.3, 0.4) is 0 Å². The second-order valence-electron chi connectivity index (χ2n) is 5.08. The molecule has 1 fully saturated rings. The van der Waals surface area contributed by atoms with E-state index < -0.39 is 5.82 Å². The van der Waals surface area contributed by atoms with Gasteiger partial charge in [0.1, 0.15) is 5.82 Å². The van der Waals surface area contributed by atoms with Crippen LogP contribution in [-0.2, 0) is 0 Å². The molecule has 0 saturated carbocycles. The van der Waals surface area contributed by atoms with Crippen molar-refractivity contribution in [2.24, 2.45) is 0 Å². The van der Waals surface area contributed by atoms with Crippen molar-refractivity contribution in [3.63, 3.8) is 0 Å². The second kappa shape index (κ2) is 6.15. The molecule has 2 rings (SSSR count). The number of nitrogens with one attached hydrogen (secondary N) is 1. The summed E-state index contributed by atoms with van der Waals surface area (Å²) in [5.74, 6) is -0.582. The van der Waals surface area contributed by atoms with Crippen LogP contribution in [0, 0.1) is 12.7 Å². The first-order chi connectivity index (χ1) is 9.13. The van der Waals surface area contributed by atoms with Crippen LogP contribution in [0.2, 0.25) is 0 Å². The molecule has 0 bridgehead atoms. The summed E-state index contributed by atoms with van der Waals surface area (Å²) in [4.78, 5) is 14.1. The fourth-order valence-electron chi connectivity index (χ4n) is 2.60. The minimum absolute atomic E-state index is 0.191. The summed E-state index contributed by atoms with van der Waals surface area (Å²) >= 11 is 0. The lowest BCUT2D eigenvalue weighted by atomic mass is 10.0. The molecule has 4 heteroatoms. The molecule has 3 nitrogen and oxygen atoms in total. The van der Waals surface area contributed by atoms with Crippen molar-refractivity contribution in [2.45, 2.75) is 32.7 Å². The zero-order chi connectivity index (χ0) is 13.8. The number of aryl methyl sites for hydroxylation is 1. The van der Waals surface area contributed by atoms with Crippen molar-refractivity contribution < 1.29 is 9.18 Å². The highest BCUT2D eigenvalue weighted by atomic mass is 19.1. The van der Waals surface area contributed by atoms with Gasteiger partial charge in [-0.15, -0.1) is 0 Å². The van der Waals surface area contributed by atoms with Crippen molar-refractivity contribution in [3.8, 4) is 0 Å². The van der Waals surface area contributed by atoms with Gasteiger partial charge in [0.25, 0.3) is 5.91 Å².